The zero-order chi connectivity index (χ0) is 11.3. The summed E-state index contributed by atoms with van der Waals surface area (Å²) in [5.41, 5.74) is 0.783. The molecule has 0 aromatic heterocycles. The van der Waals surface area contributed by atoms with Gasteiger partial charge in [0.15, 0.2) is 0 Å². The van der Waals surface area contributed by atoms with Crippen LogP contribution in [0, 0.1) is 6.92 Å². The topological polar surface area (TPSA) is 43.4 Å². The van der Waals surface area contributed by atoms with Crippen LogP contribution in [-0.4, -0.2) is 17.3 Å². The molecule has 15 heavy (non-hydrogen) atoms. The minimum atomic E-state index is -1.05. The lowest BCUT2D eigenvalue weighted by molar-refractivity contribution is -0.158. The largest absolute Gasteiger partial charge is 0.392 e. The van der Waals surface area contributed by atoms with Crippen LogP contribution in [0.3, 0.4) is 0 Å². The normalized spacial score (nSPS) is 11.9. The molecule has 0 fully saturated rings. The third kappa shape index (κ3) is 4.13. The molecule has 3 nitrogen and oxygen atoms in total. The van der Waals surface area contributed by atoms with Gasteiger partial charge in [0, 0.05) is 0 Å². The van der Waals surface area contributed by atoms with Crippen LogP contribution >= 0.6 is 11.6 Å². The number of hydrogen-bond acceptors (Lipinski definition) is 3. The van der Waals surface area contributed by atoms with Gasteiger partial charge in [0.2, 0.25) is 0 Å². The second kappa shape index (κ2) is 5.51. The molecule has 0 N–H and O–H groups in total. The SMILES string of the molecule is [CH2]C(Cl)C(=O)OC(=O)Cc1ccccc1. The predicted molar refractivity (Wildman–Crippen MR) is 56.2 cm³/mol. The van der Waals surface area contributed by atoms with Crippen molar-refractivity contribution in [2.24, 2.45) is 0 Å². The van der Waals surface area contributed by atoms with E-state index in [1.54, 1.807) is 24.3 Å². The average molecular weight is 226 g/mol. The summed E-state index contributed by atoms with van der Waals surface area (Å²) in [7, 11) is 0. The van der Waals surface area contributed by atoms with Crippen molar-refractivity contribution in [3.8, 4) is 0 Å². The Morgan fingerprint density at radius 2 is 1.93 bits per heavy atom. The molecule has 79 valence electrons. The minimum Gasteiger partial charge on any atom is -0.392 e. The first-order valence-corrected chi connectivity index (χ1v) is 4.79. The first-order valence-electron chi connectivity index (χ1n) is 4.35. The Balaban J connectivity index is 2.47. The smallest absolute Gasteiger partial charge is 0.331 e. The maximum atomic E-state index is 11.2. The van der Waals surface area contributed by atoms with Crippen molar-refractivity contribution in [2.45, 2.75) is 11.8 Å². The maximum absolute atomic E-state index is 11.2. The highest BCUT2D eigenvalue weighted by atomic mass is 35.5. The summed E-state index contributed by atoms with van der Waals surface area (Å²) in [5.74, 6) is -1.45. The number of alkyl halides is 1. The molecule has 0 spiro atoms. The molecule has 1 aromatic rings. The van der Waals surface area contributed by atoms with Gasteiger partial charge in [-0.15, -0.1) is 11.6 Å². The molecule has 0 saturated heterocycles. The predicted octanol–water partition coefficient (Wildman–Crippen LogP) is 1.74. The van der Waals surface area contributed by atoms with Crippen molar-refractivity contribution in [1.82, 2.24) is 0 Å². The molecule has 0 aliphatic heterocycles. The quantitative estimate of drug-likeness (QED) is 0.447. The lowest BCUT2D eigenvalue weighted by Crippen LogP contribution is -2.20. The van der Waals surface area contributed by atoms with Gasteiger partial charge in [-0.25, -0.2) is 4.79 Å². The Bertz CT molecular complexity index is 346. The first kappa shape index (κ1) is 11.7. The van der Waals surface area contributed by atoms with Gasteiger partial charge in [0.05, 0.1) is 6.42 Å². The second-order valence-corrected chi connectivity index (χ2v) is 3.45. The van der Waals surface area contributed by atoms with Crippen molar-refractivity contribution >= 4 is 23.5 Å². The minimum absolute atomic E-state index is 0.0518. The monoisotopic (exact) mass is 225 g/mol. The zero-order valence-electron chi connectivity index (χ0n) is 7.98. The third-order valence-electron chi connectivity index (χ3n) is 1.66. The number of esters is 2. The summed E-state index contributed by atoms with van der Waals surface area (Å²) in [6.45, 7) is 3.24. The molecule has 4 heteroatoms. The van der Waals surface area contributed by atoms with Crippen molar-refractivity contribution in [2.75, 3.05) is 0 Å². The highest BCUT2D eigenvalue weighted by molar-refractivity contribution is 6.31. The zero-order valence-corrected chi connectivity index (χ0v) is 8.74. The third-order valence-corrected chi connectivity index (χ3v) is 1.84. The lowest BCUT2D eigenvalue weighted by atomic mass is 10.2. The summed E-state index contributed by atoms with van der Waals surface area (Å²) in [6, 6.07) is 8.99. The molecular formula is C11H10ClO3. The Morgan fingerprint density at radius 3 is 2.47 bits per heavy atom. The van der Waals surface area contributed by atoms with E-state index < -0.39 is 17.3 Å². The fourth-order valence-corrected chi connectivity index (χ4v) is 1.02. The van der Waals surface area contributed by atoms with E-state index >= 15 is 0 Å². The fraction of sp³-hybridized carbons (Fsp3) is 0.182. The number of rotatable bonds is 3. The number of hydrogen-bond donors (Lipinski definition) is 0. The molecule has 0 aliphatic carbocycles. The highest BCUT2D eigenvalue weighted by Crippen LogP contribution is 2.03. The number of carbonyl (C=O) groups excluding carboxylic acids is 2. The van der Waals surface area contributed by atoms with Gasteiger partial charge in [-0.3, -0.25) is 4.79 Å². The number of carbonyl (C=O) groups is 2. The summed E-state index contributed by atoms with van der Waals surface area (Å²) in [4.78, 5) is 22.1. The Morgan fingerprint density at radius 1 is 1.33 bits per heavy atom. The van der Waals surface area contributed by atoms with E-state index in [1.807, 2.05) is 6.07 Å². The van der Waals surface area contributed by atoms with Crippen molar-refractivity contribution in [1.29, 1.82) is 0 Å². The molecule has 1 radical (unpaired) electrons. The van der Waals surface area contributed by atoms with Crippen LogP contribution in [0.2, 0.25) is 0 Å². The van der Waals surface area contributed by atoms with Crippen LogP contribution in [0.5, 0.6) is 0 Å². The van der Waals surface area contributed by atoms with E-state index in [0.29, 0.717) is 0 Å². The van der Waals surface area contributed by atoms with Crippen molar-refractivity contribution in [3.63, 3.8) is 0 Å². The van der Waals surface area contributed by atoms with Gasteiger partial charge in [-0.2, -0.15) is 0 Å². The molecule has 1 atom stereocenters. The first-order chi connectivity index (χ1) is 7.09. The van der Waals surface area contributed by atoms with Crippen LogP contribution < -0.4 is 0 Å². The Hall–Kier alpha value is -1.35. The number of benzene rings is 1. The number of halogens is 1. The summed E-state index contributed by atoms with van der Waals surface area (Å²) in [5, 5.41) is -1.05. The van der Waals surface area contributed by atoms with E-state index in [9.17, 15) is 9.59 Å². The van der Waals surface area contributed by atoms with E-state index in [2.05, 4.69) is 11.7 Å². The van der Waals surface area contributed by atoms with Gasteiger partial charge in [-0.1, -0.05) is 30.3 Å². The average Bonchev–Trinajstić information content (AvgIpc) is 2.18. The van der Waals surface area contributed by atoms with Gasteiger partial charge >= 0.3 is 11.9 Å². The molecule has 0 bridgehead atoms. The molecule has 1 aromatic carbocycles. The summed E-state index contributed by atoms with van der Waals surface area (Å²) >= 11 is 5.34. The van der Waals surface area contributed by atoms with Gasteiger partial charge < -0.3 is 4.74 Å². The Kier molecular flexibility index (Phi) is 4.31. The van der Waals surface area contributed by atoms with Crippen LogP contribution in [0.25, 0.3) is 0 Å². The van der Waals surface area contributed by atoms with Crippen LogP contribution in [-0.2, 0) is 20.7 Å². The molecule has 0 heterocycles. The van der Waals surface area contributed by atoms with Crippen LogP contribution in [0.1, 0.15) is 5.56 Å². The maximum Gasteiger partial charge on any atom is 0.331 e. The van der Waals surface area contributed by atoms with Crippen molar-refractivity contribution in [3.05, 3.63) is 42.8 Å². The summed E-state index contributed by atoms with van der Waals surface area (Å²) < 4.78 is 4.44. The second-order valence-electron chi connectivity index (χ2n) is 2.92. The summed E-state index contributed by atoms with van der Waals surface area (Å²) in [6.07, 6.45) is 0.0518. The van der Waals surface area contributed by atoms with E-state index in [-0.39, 0.29) is 6.42 Å². The van der Waals surface area contributed by atoms with Crippen molar-refractivity contribution < 1.29 is 14.3 Å². The Labute approximate surface area is 93.0 Å². The van der Waals surface area contributed by atoms with Crippen LogP contribution in [0.15, 0.2) is 30.3 Å². The van der Waals surface area contributed by atoms with Gasteiger partial charge in [0.1, 0.15) is 5.38 Å². The number of ether oxygens (including phenoxy) is 1. The van der Waals surface area contributed by atoms with E-state index in [0.717, 1.165) is 5.56 Å². The fourth-order valence-electron chi connectivity index (χ4n) is 0.975. The molecular weight excluding hydrogens is 216 g/mol. The molecule has 0 saturated carbocycles. The van der Waals surface area contributed by atoms with Gasteiger partial charge in [-0.05, 0) is 12.5 Å². The standard InChI is InChI=1S/C11H10ClO3/c1-8(12)11(14)15-10(13)7-9-5-3-2-4-6-9/h2-6,8H,1,7H2. The molecule has 0 aliphatic rings. The molecule has 1 unspecified atom stereocenters. The molecule has 0 amide bonds. The van der Waals surface area contributed by atoms with E-state index in [4.69, 9.17) is 11.6 Å². The van der Waals surface area contributed by atoms with E-state index in [1.165, 1.54) is 0 Å². The highest BCUT2D eigenvalue weighted by Gasteiger charge is 2.15. The lowest BCUT2D eigenvalue weighted by Gasteiger charge is -2.03. The van der Waals surface area contributed by atoms with Crippen LogP contribution in [0.4, 0.5) is 0 Å². The van der Waals surface area contributed by atoms with Gasteiger partial charge in [0.25, 0.3) is 0 Å². The molecule has 1 rings (SSSR count).